The van der Waals surface area contributed by atoms with Crippen LogP contribution in [0, 0.1) is 23.7 Å². The fraction of sp³-hybridized carbons (Fsp3) is 0.895. The van der Waals surface area contributed by atoms with E-state index in [1.807, 2.05) is 13.8 Å². The Morgan fingerprint density at radius 1 is 1.00 bits per heavy atom. The molecular formula is C19H34O4. The van der Waals surface area contributed by atoms with Gasteiger partial charge in [-0.1, -0.05) is 59.3 Å². The maximum atomic E-state index is 12.5. The minimum Gasteiger partial charge on any atom is -0.481 e. The van der Waals surface area contributed by atoms with Crippen LogP contribution in [-0.2, 0) is 14.3 Å². The molecule has 1 fully saturated rings. The van der Waals surface area contributed by atoms with Gasteiger partial charge in [-0.25, -0.2) is 0 Å². The second-order valence-corrected chi connectivity index (χ2v) is 7.05. The van der Waals surface area contributed by atoms with Gasteiger partial charge in [0.2, 0.25) is 0 Å². The predicted octanol–water partition coefficient (Wildman–Crippen LogP) is 4.66. The summed E-state index contributed by atoms with van der Waals surface area (Å²) in [6.07, 6.45) is 9.52. The molecule has 0 heterocycles. The van der Waals surface area contributed by atoms with Crippen molar-refractivity contribution in [3.05, 3.63) is 0 Å². The molecule has 4 atom stereocenters. The Bertz CT molecular complexity index is 366. The predicted molar refractivity (Wildman–Crippen MR) is 91.1 cm³/mol. The summed E-state index contributed by atoms with van der Waals surface area (Å²) in [6, 6.07) is 0. The summed E-state index contributed by atoms with van der Waals surface area (Å²) in [7, 11) is 0. The third-order valence-corrected chi connectivity index (χ3v) is 5.32. The summed E-state index contributed by atoms with van der Waals surface area (Å²) < 4.78 is 5.45. The molecule has 1 rings (SSSR count). The fourth-order valence-corrected chi connectivity index (χ4v) is 3.83. The van der Waals surface area contributed by atoms with Crippen LogP contribution in [0.4, 0.5) is 0 Å². The van der Waals surface area contributed by atoms with E-state index in [1.54, 1.807) is 0 Å². The molecule has 1 saturated carbocycles. The number of rotatable bonds is 10. The van der Waals surface area contributed by atoms with E-state index >= 15 is 0 Å². The molecule has 23 heavy (non-hydrogen) atoms. The van der Waals surface area contributed by atoms with Gasteiger partial charge in [-0.2, -0.15) is 0 Å². The SMILES string of the molecule is CCCCCCCCOC(=O)C1C(CC)CCC(C)C1C(=O)O. The molecule has 4 nitrogen and oxygen atoms in total. The van der Waals surface area contributed by atoms with Gasteiger partial charge in [0.25, 0.3) is 0 Å². The maximum Gasteiger partial charge on any atom is 0.310 e. The molecule has 134 valence electrons. The standard InChI is InChI=1S/C19H34O4/c1-4-6-7-8-9-10-13-23-19(22)17-15(5-2)12-11-14(3)16(17)18(20)21/h14-17H,4-13H2,1-3H3,(H,20,21). The van der Waals surface area contributed by atoms with E-state index in [0.717, 1.165) is 32.1 Å². The van der Waals surface area contributed by atoms with Crippen molar-refractivity contribution in [1.29, 1.82) is 0 Å². The van der Waals surface area contributed by atoms with Gasteiger partial charge < -0.3 is 9.84 Å². The number of hydrogen-bond donors (Lipinski definition) is 1. The number of aliphatic carboxylic acids is 1. The molecule has 0 aromatic heterocycles. The molecule has 1 aliphatic carbocycles. The first kappa shape index (κ1) is 20.0. The molecule has 4 heteroatoms. The topological polar surface area (TPSA) is 63.6 Å². The average Bonchev–Trinajstić information content (AvgIpc) is 2.53. The number of esters is 1. The summed E-state index contributed by atoms with van der Waals surface area (Å²) >= 11 is 0. The second kappa shape index (κ2) is 10.7. The molecule has 0 radical (unpaired) electrons. The molecule has 0 aromatic rings. The first-order valence-electron chi connectivity index (χ1n) is 9.42. The number of carbonyl (C=O) groups is 2. The number of carbonyl (C=O) groups excluding carboxylic acids is 1. The van der Waals surface area contributed by atoms with Gasteiger partial charge in [-0.15, -0.1) is 0 Å². The zero-order chi connectivity index (χ0) is 17.2. The average molecular weight is 326 g/mol. The lowest BCUT2D eigenvalue weighted by Gasteiger charge is -2.38. The molecule has 0 aliphatic heterocycles. The zero-order valence-electron chi connectivity index (χ0n) is 15.1. The summed E-state index contributed by atoms with van der Waals surface area (Å²) in [6.45, 7) is 6.60. The Hall–Kier alpha value is -1.06. The van der Waals surface area contributed by atoms with E-state index < -0.39 is 17.8 Å². The maximum absolute atomic E-state index is 12.5. The number of ether oxygens (including phenoxy) is 1. The normalized spacial score (nSPS) is 27.6. The van der Waals surface area contributed by atoms with E-state index in [4.69, 9.17) is 4.74 Å². The van der Waals surface area contributed by atoms with Crippen molar-refractivity contribution in [3.8, 4) is 0 Å². The molecule has 0 aromatic carbocycles. The van der Waals surface area contributed by atoms with Crippen LogP contribution in [0.25, 0.3) is 0 Å². The lowest BCUT2D eigenvalue weighted by atomic mass is 9.66. The number of hydrogen-bond acceptors (Lipinski definition) is 3. The summed E-state index contributed by atoms with van der Waals surface area (Å²) in [5.74, 6) is -2.01. The minimum absolute atomic E-state index is 0.0434. The molecule has 0 spiro atoms. The van der Waals surface area contributed by atoms with Gasteiger partial charge in [0, 0.05) is 0 Å². The van der Waals surface area contributed by atoms with E-state index in [1.165, 1.54) is 25.7 Å². The molecule has 0 saturated heterocycles. The lowest BCUT2D eigenvalue weighted by Crippen LogP contribution is -2.43. The molecule has 0 amide bonds. The van der Waals surface area contributed by atoms with Gasteiger partial charge in [-0.3, -0.25) is 9.59 Å². The minimum atomic E-state index is -0.850. The van der Waals surface area contributed by atoms with Crippen LogP contribution in [0.3, 0.4) is 0 Å². The fourth-order valence-electron chi connectivity index (χ4n) is 3.83. The Labute approximate surface area is 141 Å². The van der Waals surface area contributed by atoms with E-state index in [0.29, 0.717) is 6.61 Å². The van der Waals surface area contributed by atoms with Crippen molar-refractivity contribution in [1.82, 2.24) is 0 Å². The molecule has 4 unspecified atom stereocenters. The Balaban J connectivity index is 2.47. The van der Waals surface area contributed by atoms with Gasteiger partial charge >= 0.3 is 11.9 Å². The van der Waals surface area contributed by atoms with Crippen molar-refractivity contribution in [2.45, 2.75) is 78.6 Å². The Morgan fingerprint density at radius 2 is 1.65 bits per heavy atom. The van der Waals surface area contributed by atoms with Crippen molar-refractivity contribution < 1.29 is 19.4 Å². The van der Waals surface area contributed by atoms with Crippen LogP contribution in [-0.4, -0.2) is 23.7 Å². The molecular weight excluding hydrogens is 292 g/mol. The number of carboxylic acid groups (broad SMARTS) is 1. The van der Waals surface area contributed by atoms with Crippen LogP contribution in [0.2, 0.25) is 0 Å². The second-order valence-electron chi connectivity index (χ2n) is 7.05. The molecule has 1 N–H and O–H groups in total. The van der Waals surface area contributed by atoms with Gasteiger partial charge in [0.1, 0.15) is 0 Å². The van der Waals surface area contributed by atoms with Gasteiger partial charge in [0.15, 0.2) is 0 Å². The van der Waals surface area contributed by atoms with E-state index in [-0.39, 0.29) is 17.8 Å². The van der Waals surface area contributed by atoms with Gasteiger partial charge in [-0.05, 0) is 31.1 Å². The zero-order valence-corrected chi connectivity index (χ0v) is 15.1. The largest absolute Gasteiger partial charge is 0.481 e. The number of carboxylic acids is 1. The van der Waals surface area contributed by atoms with Crippen LogP contribution in [0.5, 0.6) is 0 Å². The summed E-state index contributed by atoms with van der Waals surface area (Å²) in [5.41, 5.74) is 0. The first-order valence-corrected chi connectivity index (χ1v) is 9.42. The van der Waals surface area contributed by atoms with Crippen LogP contribution in [0.15, 0.2) is 0 Å². The van der Waals surface area contributed by atoms with E-state index in [2.05, 4.69) is 6.92 Å². The quantitative estimate of drug-likeness (QED) is 0.468. The molecule has 1 aliphatic rings. The smallest absolute Gasteiger partial charge is 0.310 e. The lowest BCUT2D eigenvalue weighted by molar-refractivity contribution is -0.165. The highest BCUT2D eigenvalue weighted by Gasteiger charge is 2.45. The first-order chi connectivity index (χ1) is 11.0. The molecule has 0 bridgehead atoms. The highest BCUT2D eigenvalue weighted by atomic mass is 16.5. The highest BCUT2D eigenvalue weighted by molar-refractivity contribution is 5.81. The van der Waals surface area contributed by atoms with Crippen molar-refractivity contribution >= 4 is 11.9 Å². The Morgan fingerprint density at radius 3 is 2.26 bits per heavy atom. The summed E-state index contributed by atoms with van der Waals surface area (Å²) in [4.78, 5) is 24.1. The van der Waals surface area contributed by atoms with Crippen molar-refractivity contribution in [2.75, 3.05) is 6.61 Å². The van der Waals surface area contributed by atoms with Crippen LogP contribution >= 0.6 is 0 Å². The highest BCUT2D eigenvalue weighted by Crippen LogP contribution is 2.41. The van der Waals surface area contributed by atoms with Crippen molar-refractivity contribution in [2.24, 2.45) is 23.7 Å². The van der Waals surface area contributed by atoms with Gasteiger partial charge in [0.05, 0.1) is 18.4 Å². The third kappa shape index (κ3) is 6.15. The van der Waals surface area contributed by atoms with Crippen molar-refractivity contribution in [3.63, 3.8) is 0 Å². The summed E-state index contributed by atoms with van der Waals surface area (Å²) in [5, 5.41) is 9.53. The van der Waals surface area contributed by atoms with Crippen LogP contribution in [0.1, 0.15) is 78.6 Å². The van der Waals surface area contributed by atoms with Crippen LogP contribution < -0.4 is 0 Å². The monoisotopic (exact) mass is 326 g/mol. The third-order valence-electron chi connectivity index (χ3n) is 5.32. The number of unbranched alkanes of at least 4 members (excludes halogenated alkanes) is 5. The Kier molecular flexibility index (Phi) is 9.27. The van der Waals surface area contributed by atoms with E-state index in [9.17, 15) is 14.7 Å².